The first-order valence-corrected chi connectivity index (χ1v) is 7.02. The zero-order valence-electron chi connectivity index (χ0n) is 10.3. The van der Waals surface area contributed by atoms with E-state index in [0.717, 1.165) is 18.2 Å². The Hall–Kier alpha value is -0.380. The lowest BCUT2D eigenvalue weighted by Crippen LogP contribution is -2.41. The van der Waals surface area contributed by atoms with Crippen LogP contribution in [0.5, 0.6) is 0 Å². The highest BCUT2D eigenvalue weighted by Gasteiger charge is 2.40. The number of nitrogens with zero attached hydrogens (tertiary/aromatic N) is 1. The topological polar surface area (TPSA) is 37.4 Å². The summed E-state index contributed by atoms with van der Waals surface area (Å²) >= 11 is 3.51. The molecule has 0 aliphatic carbocycles. The first kappa shape index (κ1) is 13.7. The molecule has 1 unspecified atom stereocenters. The zero-order chi connectivity index (χ0) is 12.3. The van der Waals surface area contributed by atoms with E-state index < -0.39 is 0 Å². The number of amides is 2. The quantitative estimate of drug-likeness (QED) is 0.576. The summed E-state index contributed by atoms with van der Waals surface area (Å²) in [5, 5.41) is 0.832. The Morgan fingerprint density at radius 3 is 2.25 bits per heavy atom. The van der Waals surface area contributed by atoms with Gasteiger partial charge < -0.3 is 0 Å². The van der Waals surface area contributed by atoms with Gasteiger partial charge in [-0.15, -0.1) is 0 Å². The number of carbonyl (C=O) groups is 2. The zero-order valence-corrected chi connectivity index (χ0v) is 11.8. The second kappa shape index (κ2) is 5.30. The molecule has 1 aliphatic rings. The van der Waals surface area contributed by atoms with Crippen LogP contribution in [-0.4, -0.2) is 28.6 Å². The van der Waals surface area contributed by atoms with Gasteiger partial charge in [-0.05, 0) is 18.3 Å². The van der Waals surface area contributed by atoms with Crippen LogP contribution in [0.2, 0.25) is 0 Å². The van der Waals surface area contributed by atoms with Crippen molar-refractivity contribution in [2.45, 2.75) is 40.0 Å². The SMILES string of the molecule is CCC(CC)(CBr)CN1C(=O)CC(C)C1=O. The predicted molar refractivity (Wildman–Crippen MR) is 67.3 cm³/mol. The summed E-state index contributed by atoms with van der Waals surface area (Å²) in [7, 11) is 0. The molecule has 3 nitrogen and oxygen atoms in total. The molecule has 1 fully saturated rings. The first-order valence-electron chi connectivity index (χ1n) is 5.90. The van der Waals surface area contributed by atoms with Crippen LogP contribution in [0, 0.1) is 11.3 Å². The Kier molecular flexibility index (Phi) is 4.53. The maximum Gasteiger partial charge on any atom is 0.232 e. The Bertz CT molecular complexity index is 278. The second-order valence-corrected chi connectivity index (χ2v) is 5.32. The normalized spacial score (nSPS) is 22.0. The van der Waals surface area contributed by atoms with E-state index in [9.17, 15) is 9.59 Å². The van der Waals surface area contributed by atoms with Gasteiger partial charge in [0, 0.05) is 24.2 Å². The van der Waals surface area contributed by atoms with Gasteiger partial charge in [0.2, 0.25) is 11.8 Å². The molecule has 1 heterocycles. The van der Waals surface area contributed by atoms with Crippen molar-refractivity contribution in [2.24, 2.45) is 11.3 Å². The first-order chi connectivity index (χ1) is 7.49. The lowest BCUT2D eigenvalue weighted by atomic mass is 9.84. The Morgan fingerprint density at radius 1 is 1.38 bits per heavy atom. The molecule has 0 aromatic heterocycles. The van der Waals surface area contributed by atoms with Crippen molar-refractivity contribution in [3.8, 4) is 0 Å². The van der Waals surface area contributed by atoms with Crippen LogP contribution < -0.4 is 0 Å². The minimum Gasteiger partial charge on any atom is -0.282 e. The molecule has 0 N–H and O–H groups in total. The molecule has 0 saturated carbocycles. The third-order valence-electron chi connectivity index (χ3n) is 3.75. The molecular formula is C12H20BrNO2. The molecule has 1 saturated heterocycles. The molecule has 92 valence electrons. The summed E-state index contributed by atoms with van der Waals surface area (Å²) in [4.78, 5) is 25.0. The lowest BCUT2D eigenvalue weighted by Gasteiger charge is -2.33. The highest BCUT2D eigenvalue weighted by Crippen LogP contribution is 2.32. The van der Waals surface area contributed by atoms with Crippen molar-refractivity contribution >= 4 is 27.7 Å². The number of carbonyl (C=O) groups excluding carboxylic acids is 2. The summed E-state index contributed by atoms with van der Waals surface area (Å²) in [6.45, 7) is 6.61. The van der Waals surface area contributed by atoms with Crippen molar-refractivity contribution in [3.63, 3.8) is 0 Å². The summed E-state index contributed by atoms with van der Waals surface area (Å²) in [6.07, 6.45) is 2.32. The molecule has 1 rings (SSSR count). The van der Waals surface area contributed by atoms with Crippen molar-refractivity contribution in [2.75, 3.05) is 11.9 Å². The van der Waals surface area contributed by atoms with Crippen LogP contribution in [0.25, 0.3) is 0 Å². The van der Waals surface area contributed by atoms with Crippen LogP contribution in [0.1, 0.15) is 40.0 Å². The molecule has 0 bridgehead atoms. The van der Waals surface area contributed by atoms with E-state index in [4.69, 9.17) is 0 Å². The highest BCUT2D eigenvalue weighted by molar-refractivity contribution is 9.09. The van der Waals surface area contributed by atoms with Gasteiger partial charge in [0.15, 0.2) is 0 Å². The van der Waals surface area contributed by atoms with Gasteiger partial charge in [-0.2, -0.15) is 0 Å². The Balaban J connectivity index is 2.79. The number of rotatable bonds is 5. The van der Waals surface area contributed by atoms with E-state index >= 15 is 0 Å². The van der Waals surface area contributed by atoms with Crippen LogP contribution in [0.3, 0.4) is 0 Å². The van der Waals surface area contributed by atoms with Crippen LogP contribution >= 0.6 is 15.9 Å². The van der Waals surface area contributed by atoms with Crippen molar-refractivity contribution in [1.29, 1.82) is 0 Å². The van der Waals surface area contributed by atoms with Crippen molar-refractivity contribution in [1.82, 2.24) is 4.90 Å². The summed E-state index contributed by atoms with van der Waals surface area (Å²) < 4.78 is 0. The number of likely N-dealkylation sites (tertiary alicyclic amines) is 1. The van der Waals surface area contributed by atoms with Crippen LogP contribution in [-0.2, 0) is 9.59 Å². The molecule has 16 heavy (non-hydrogen) atoms. The number of alkyl halides is 1. The van der Waals surface area contributed by atoms with Crippen molar-refractivity contribution < 1.29 is 9.59 Å². The molecule has 2 amide bonds. The maximum atomic E-state index is 11.8. The van der Waals surface area contributed by atoms with E-state index in [-0.39, 0.29) is 23.1 Å². The fraction of sp³-hybridized carbons (Fsp3) is 0.833. The van der Waals surface area contributed by atoms with E-state index in [2.05, 4.69) is 29.8 Å². The van der Waals surface area contributed by atoms with Gasteiger partial charge in [0.1, 0.15) is 0 Å². The average molecular weight is 290 g/mol. The molecule has 0 aromatic rings. The predicted octanol–water partition coefficient (Wildman–Crippen LogP) is 2.58. The van der Waals surface area contributed by atoms with Gasteiger partial charge in [-0.1, -0.05) is 36.7 Å². The molecule has 4 heteroatoms. The summed E-state index contributed by atoms with van der Waals surface area (Å²) in [6, 6.07) is 0. The minimum absolute atomic E-state index is 0.00257. The van der Waals surface area contributed by atoms with Gasteiger partial charge in [0.05, 0.1) is 0 Å². The Morgan fingerprint density at radius 2 is 1.94 bits per heavy atom. The molecule has 0 aromatic carbocycles. The van der Waals surface area contributed by atoms with E-state index in [0.29, 0.717) is 13.0 Å². The van der Waals surface area contributed by atoms with E-state index in [1.54, 1.807) is 0 Å². The maximum absolute atomic E-state index is 11.8. The van der Waals surface area contributed by atoms with Crippen LogP contribution in [0.15, 0.2) is 0 Å². The number of hydrogen-bond donors (Lipinski definition) is 0. The van der Waals surface area contributed by atoms with Crippen LogP contribution in [0.4, 0.5) is 0 Å². The van der Waals surface area contributed by atoms with Crippen molar-refractivity contribution in [3.05, 3.63) is 0 Å². The fourth-order valence-corrected chi connectivity index (χ4v) is 3.03. The molecule has 0 spiro atoms. The van der Waals surface area contributed by atoms with E-state index in [1.165, 1.54) is 4.90 Å². The van der Waals surface area contributed by atoms with Gasteiger partial charge in [0.25, 0.3) is 0 Å². The molecule has 1 aliphatic heterocycles. The number of imide groups is 1. The van der Waals surface area contributed by atoms with Gasteiger partial charge >= 0.3 is 0 Å². The monoisotopic (exact) mass is 289 g/mol. The lowest BCUT2D eigenvalue weighted by molar-refractivity contribution is -0.141. The van der Waals surface area contributed by atoms with E-state index in [1.807, 2.05) is 6.92 Å². The summed E-state index contributed by atoms with van der Waals surface area (Å²) in [5.74, 6) is -0.142. The summed E-state index contributed by atoms with van der Waals surface area (Å²) in [5.41, 5.74) is 0.0371. The fourth-order valence-electron chi connectivity index (χ4n) is 2.05. The third kappa shape index (κ3) is 2.47. The molecule has 0 radical (unpaired) electrons. The third-order valence-corrected chi connectivity index (χ3v) is 4.94. The second-order valence-electron chi connectivity index (χ2n) is 4.76. The van der Waals surface area contributed by atoms with Gasteiger partial charge in [-0.3, -0.25) is 14.5 Å². The average Bonchev–Trinajstić information content (AvgIpc) is 2.52. The minimum atomic E-state index is -0.130. The molecular weight excluding hydrogens is 270 g/mol. The number of halogens is 1. The standard InChI is InChI=1S/C12H20BrNO2/c1-4-12(5-2,7-13)8-14-10(15)6-9(3)11(14)16/h9H,4-8H2,1-3H3. The Labute approximate surface area is 106 Å². The largest absolute Gasteiger partial charge is 0.282 e. The van der Waals surface area contributed by atoms with Gasteiger partial charge in [-0.25, -0.2) is 0 Å². The highest BCUT2D eigenvalue weighted by atomic mass is 79.9. The number of hydrogen-bond acceptors (Lipinski definition) is 2. The smallest absolute Gasteiger partial charge is 0.232 e. The molecule has 1 atom stereocenters.